The van der Waals surface area contributed by atoms with E-state index in [1.54, 1.807) is 0 Å². The Hall–Kier alpha value is -0.0800. The maximum atomic E-state index is 2.17. The lowest BCUT2D eigenvalue weighted by Crippen LogP contribution is -2.37. The van der Waals surface area contributed by atoms with Crippen molar-refractivity contribution in [2.24, 2.45) is 0 Å². The van der Waals surface area contributed by atoms with Crippen LogP contribution in [-0.4, -0.2) is 44.2 Å². The highest BCUT2D eigenvalue weighted by Crippen LogP contribution is 1.92. The lowest BCUT2D eigenvalue weighted by molar-refractivity contribution is 0.147. The van der Waals surface area contributed by atoms with E-state index < -0.39 is 0 Å². The third kappa shape index (κ3) is 4.43. The summed E-state index contributed by atoms with van der Waals surface area (Å²) in [5, 5.41) is 0. The molecular formula is C7H20N2. The van der Waals surface area contributed by atoms with Gasteiger partial charge in [-0.15, -0.1) is 0 Å². The average molecular weight is 132 g/mol. The Balaban J connectivity index is 0. The summed E-state index contributed by atoms with van der Waals surface area (Å²) in [7, 11) is 8.30. The fourth-order valence-electron chi connectivity index (χ4n) is 0.462. The van der Waals surface area contributed by atoms with Gasteiger partial charge in [0.2, 0.25) is 0 Å². The lowest BCUT2D eigenvalue weighted by Gasteiger charge is -2.26. The summed E-state index contributed by atoms with van der Waals surface area (Å²) in [4.78, 5) is 4.33. The zero-order chi connectivity index (χ0) is 6.73. The van der Waals surface area contributed by atoms with Crippen LogP contribution in [0.5, 0.6) is 0 Å². The zero-order valence-electron chi connectivity index (χ0n) is 6.47. The maximum Gasteiger partial charge on any atom is 0.0583 e. The molecule has 0 heterocycles. The molecule has 9 heavy (non-hydrogen) atoms. The van der Waals surface area contributed by atoms with E-state index >= 15 is 0 Å². The quantitative estimate of drug-likeness (QED) is 0.519. The van der Waals surface area contributed by atoms with Gasteiger partial charge >= 0.3 is 0 Å². The van der Waals surface area contributed by atoms with Crippen molar-refractivity contribution in [2.45, 2.75) is 20.5 Å². The first-order valence-corrected chi connectivity index (χ1v) is 2.88. The first kappa shape index (κ1) is 11.7. The Kier molecular flexibility index (Phi) is 6.19. The molecule has 0 amide bonds. The molecule has 0 saturated carbocycles. The molecule has 0 aromatic carbocycles. The molecule has 0 atom stereocenters. The van der Waals surface area contributed by atoms with Gasteiger partial charge in [0, 0.05) is 0 Å². The molecule has 58 valence electrons. The number of hydrogen-bond acceptors (Lipinski definition) is 2. The molecule has 0 aromatic rings. The highest BCUT2D eigenvalue weighted by Gasteiger charge is 2.03. The molecular weight excluding hydrogens is 112 g/mol. The summed E-state index contributed by atoms with van der Waals surface area (Å²) >= 11 is 0. The van der Waals surface area contributed by atoms with Crippen LogP contribution in [0.2, 0.25) is 0 Å². The Bertz CT molecular complexity index is 51.9. The van der Waals surface area contributed by atoms with Crippen LogP contribution >= 0.6 is 0 Å². The van der Waals surface area contributed by atoms with E-state index in [-0.39, 0.29) is 7.43 Å². The molecule has 0 unspecified atom stereocenters. The maximum absolute atomic E-state index is 2.17. The van der Waals surface area contributed by atoms with Gasteiger partial charge in [0.15, 0.2) is 0 Å². The minimum absolute atomic E-state index is 0. The van der Waals surface area contributed by atoms with Crippen molar-refractivity contribution in [2.75, 3.05) is 28.2 Å². The van der Waals surface area contributed by atoms with Crippen molar-refractivity contribution < 1.29 is 0 Å². The molecule has 0 rings (SSSR count). The van der Waals surface area contributed by atoms with Gasteiger partial charge in [-0.25, -0.2) is 0 Å². The van der Waals surface area contributed by atoms with Crippen molar-refractivity contribution in [3.63, 3.8) is 0 Å². The van der Waals surface area contributed by atoms with E-state index in [1.807, 2.05) is 0 Å². The predicted octanol–water partition coefficient (Wildman–Crippen LogP) is 1.09. The van der Waals surface area contributed by atoms with Gasteiger partial charge in [-0.2, -0.15) is 0 Å². The zero-order valence-corrected chi connectivity index (χ0v) is 6.47. The van der Waals surface area contributed by atoms with Crippen molar-refractivity contribution in [3.8, 4) is 0 Å². The molecule has 0 fully saturated rings. The fraction of sp³-hybridized carbons (Fsp3) is 1.00. The Morgan fingerprint density at radius 1 is 0.889 bits per heavy atom. The Morgan fingerprint density at radius 2 is 1.11 bits per heavy atom. The van der Waals surface area contributed by atoms with Crippen LogP contribution < -0.4 is 0 Å². The molecule has 2 nitrogen and oxygen atoms in total. The molecule has 2 heteroatoms. The molecule has 0 aliphatic rings. The van der Waals surface area contributed by atoms with Crippen LogP contribution in [0.25, 0.3) is 0 Å². The largest absolute Gasteiger partial charge is 0.294 e. The molecule has 0 aliphatic carbocycles. The van der Waals surface area contributed by atoms with Gasteiger partial charge in [-0.05, 0) is 35.1 Å². The number of hydrogen-bond donors (Lipinski definition) is 0. The molecule has 0 bridgehead atoms. The van der Waals surface area contributed by atoms with Gasteiger partial charge in [0.25, 0.3) is 0 Å². The van der Waals surface area contributed by atoms with E-state index in [1.165, 1.54) is 0 Å². The number of nitrogens with zero attached hydrogens (tertiary/aromatic N) is 2. The second-order valence-corrected chi connectivity index (χ2v) is 2.56. The third-order valence-electron chi connectivity index (χ3n) is 1.49. The summed E-state index contributed by atoms with van der Waals surface area (Å²) < 4.78 is 0. The predicted molar refractivity (Wildman–Crippen MR) is 43.6 cm³/mol. The van der Waals surface area contributed by atoms with Crippen LogP contribution in [0.15, 0.2) is 0 Å². The van der Waals surface area contributed by atoms with E-state index in [4.69, 9.17) is 0 Å². The number of rotatable bonds is 2. The van der Waals surface area contributed by atoms with Crippen molar-refractivity contribution >= 4 is 0 Å². The van der Waals surface area contributed by atoms with Crippen molar-refractivity contribution in [1.29, 1.82) is 0 Å². The van der Waals surface area contributed by atoms with E-state index in [9.17, 15) is 0 Å². The highest BCUT2D eigenvalue weighted by molar-refractivity contribution is 4.52. The summed E-state index contributed by atoms with van der Waals surface area (Å²) in [6.07, 6.45) is 0.537. The second kappa shape index (κ2) is 4.77. The Morgan fingerprint density at radius 3 is 1.11 bits per heavy atom. The molecule has 0 radical (unpaired) electrons. The summed E-state index contributed by atoms with van der Waals surface area (Å²) in [5.74, 6) is 0. The van der Waals surface area contributed by atoms with Gasteiger partial charge in [0.05, 0.1) is 6.17 Å². The first-order valence-electron chi connectivity index (χ1n) is 2.88. The minimum Gasteiger partial charge on any atom is -0.294 e. The SMILES string of the molecule is C.CC(N(C)C)N(C)C. The standard InChI is InChI=1S/C6H16N2.CH4/c1-6(7(2)3)8(4)5;/h6H,1-5H3;1H4. The van der Waals surface area contributed by atoms with Crippen LogP contribution in [0.1, 0.15) is 14.4 Å². The lowest BCUT2D eigenvalue weighted by atomic mass is 10.5. The van der Waals surface area contributed by atoms with E-state index in [0.29, 0.717) is 6.17 Å². The van der Waals surface area contributed by atoms with Gasteiger partial charge in [-0.3, -0.25) is 9.80 Å². The normalized spacial score (nSPS) is 10.7. The first-order chi connectivity index (χ1) is 3.55. The van der Waals surface area contributed by atoms with Crippen molar-refractivity contribution in [1.82, 2.24) is 9.80 Å². The average Bonchev–Trinajstić information content (AvgIpc) is 1.64. The molecule has 0 aliphatic heterocycles. The molecule has 0 saturated heterocycles. The van der Waals surface area contributed by atoms with Gasteiger partial charge in [-0.1, -0.05) is 7.43 Å². The van der Waals surface area contributed by atoms with Crippen LogP contribution in [-0.2, 0) is 0 Å². The van der Waals surface area contributed by atoms with Crippen molar-refractivity contribution in [3.05, 3.63) is 0 Å². The summed E-state index contributed by atoms with van der Waals surface area (Å²) in [6.45, 7) is 2.17. The minimum atomic E-state index is 0. The highest BCUT2D eigenvalue weighted by atomic mass is 15.3. The fourth-order valence-corrected chi connectivity index (χ4v) is 0.462. The van der Waals surface area contributed by atoms with Gasteiger partial charge < -0.3 is 0 Å². The van der Waals surface area contributed by atoms with Crippen LogP contribution in [0.3, 0.4) is 0 Å². The summed E-state index contributed by atoms with van der Waals surface area (Å²) in [6, 6.07) is 0. The Labute approximate surface area is 59.5 Å². The van der Waals surface area contributed by atoms with Gasteiger partial charge in [0.1, 0.15) is 0 Å². The summed E-state index contributed by atoms with van der Waals surface area (Å²) in [5.41, 5.74) is 0. The monoisotopic (exact) mass is 132 g/mol. The second-order valence-electron chi connectivity index (χ2n) is 2.56. The molecule has 0 N–H and O–H groups in total. The van der Waals surface area contributed by atoms with E-state index in [0.717, 1.165) is 0 Å². The third-order valence-corrected chi connectivity index (χ3v) is 1.49. The smallest absolute Gasteiger partial charge is 0.0583 e. The molecule has 0 aromatic heterocycles. The van der Waals surface area contributed by atoms with Crippen LogP contribution in [0.4, 0.5) is 0 Å². The van der Waals surface area contributed by atoms with Crippen LogP contribution in [0, 0.1) is 0 Å². The topological polar surface area (TPSA) is 6.48 Å². The molecule has 0 spiro atoms. The van der Waals surface area contributed by atoms with E-state index in [2.05, 4.69) is 44.9 Å².